The second-order valence-electron chi connectivity index (χ2n) is 7.56. The Morgan fingerprint density at radius 1 is 1.03 bits per heavy atom. The number of amides is 3. The summed E-state index contributed by atoms with van der Waals surface area (Å²) >= 11 is 6.94. The largest absolute Gasteiger partial charge is 0.486 e. The molecule has 0 aliphatic carbocycles. The van der Waals surface area contributed by atoms with Crippen molar-refractivity contribution in [2.75, 3.05) is 0 Å². The SMILES string of the molecule is Cc1ccc(CN2C(=O)N/C(=C/c3cc(Br)c(OCc4ccccc4F)c(Br)c3)C2=O)cc1. The van der Waals surface area contributed by atoms with Crippen molar-refractivity contribution in [2.45, 2.75) is 20.1 Å². The zero-order chi connectivity index (χ0) is 23.5. The number of nitrogens with one attached hydrogen (secondary N) is 1. The molecule has 4 rings (SSSR count). The van der Waals surface area contributed by atoms with Crippen molar-refractivity contribution in [3.8, 4) is 5.75 Å². The molecule has 3 amide bonds. The van der Waals surface area contributed by atoms with Crippen molar-refractivity contribution in [3.63, 3.8) is 0 Å². The molecule has 0 unspecified atom stereocenters. The number of ether oxygens (including phenoxy) is 1. The Kier molecular flexibility index (Phi) is 6.95. The molecule has 1 aliphatic heterocycles. The smallest absolute Gasteiger partial charge is 0.329 e. The van der Waals surface area contributed by atoms with Crippen LogP contribution in [0.5, 0.6) is 5.75 Å². The van der Waals surface area contributed by atoms with Gasteiger partial charge in [0.05, 0.1) is 15.5 Å². The van der Waals surface area contributed by atoms with Gasteiger partial charge in [0.1, 0.15) is 23.9 Å². The average molecular weight is 574 g/mol. The number of nitrogens with zero attached hydrogens (tertiary/aromatic N) is 1. The van der Waals surface area contributed by atoms with Gasteiger partial charge in [0, 0.05) is 5.56 Å². The summed E-state index contributed by atoms with van der Waals surface area (Å²) < 4.78 is 20.9. The Hall–Kier alpha value is -2.97. The molecule has 33 heavy (non-hydrogen) atoms. The Bertz CT molecular complexity index is 1240. The van der Waals surface area contributed by atoms with E-state index in [4.69, 9.17) is 4.74 Å². The topological polar surface area (TPSA) is 58.6 Å². The number of hydrogen-bond acceptors (Lipinski definition) is 3. The number of benzene rings is 3. The molecule has 1 N–H and O–H groups in total. The lowest BCUT2D eigenvalue weighted by atomic mass is 10.1. The highest BCUT2D eigenvalue weighted by atomic mass is 79.9. The summed E-state index contributed by atoms with van der Waals surface area (Å²) in [4.78, 5) is 26.4. The fourth-order valence-corrected chi connectivity index (χ4v) is 4.77. The molecule has 3 aromatic rings. The number of imide groups is 1. The molecule has 5 nitrogen and oxygen atoms in total. The van der Waals surface area contributed by atoms with E-state index in [0.29, 0.717) is 25.8 Å². The highest BCUT2D eigenvalue weighted by Gasteiger charge is 2.33. The molecule has 0 radical (unpaired) electrons. The van der Waals surface area contributed by atoms with E-state index < -0.39 is 11.9 Å². The summed E-state index contributed by atoms with van der Waals surface area (Å²) in [5.41, 5.74) is 3.27. The van der Waals surface area contributed by atoms with Crippen LogP contribution >= 0.6 is 31.9 Å². The third-order valence-corrected chi connectivity index (χ3v) is 6.26. The number of rotatable bonds is 6. The zero-order valence-corrected chi connectivity index (χ0v) is 20.7. The van der Waals surface area contributed by atoms with Crippen LogP contribution in [0.15, 0.2) is 75.3 Å². The van der Waals surface area contributed by atoms with Crippen LogP contribution in [0, 0.1) is 12.7 Å². The van der Waals surface area contributed by atoms with E-state index in [2.05, 4.69) is 37.2 Å². The standard InChI is InChI=1S/C25H19Br2FN2O3/c1-15-6-8-16(9-7-15)13-30-24(31)22(29-25(30)32)12-17-10-19(26)23(20(27)11-17)33-14-18-4-2-3-5-21(18)28/h2-12H,13-14H2,1H3,(H,29,32)/b22-12+. The van der Waals surface area contributed by atoms with Gasteiger partial charge in [-0.2, -0.15) is 0 Å². The van der Waals surface area contributed by atoms with E-state index in [1.165, 1.54) is 11.0 Å². The normalized spacial score (nSPS) is 14.7. The third kappa shape index (κ3) is 5.34. The van der Waals surface area contributed by atoms with Crippen LogP contribution in [0.4, 0.5) is 9.18 Å². The number of aryl methyl sites for hydroxylation is 1. The first-order valence-corrected chi connectivity index (χ1v) is 11.7. The summed E-state index contributed by atoms with van der Waals surface area (Å²) in [6.07, 6.45) is 1.60. The lowest BCUT2D eigenvalue weighted by Crippen LogP contribution is -2.30. The van der Waals surface area contributed by atoms with E-state index in [1.54, 1.807) is 36.4 Å². The molecule has 0 aromatic heterocycles. The second kappa shape index (κ2) is 9.89. The minimum absolute atomic E-state index is 0.0623. The van der Waals surface area contributed by atoms with Gasteiger partial charge in [0.2, 0.25) is 0 Å². The van der Waals surface area contributed by atoms with Gasteiger partial charge in [-0.3, -0.25) is 9.69 Å². The molecular formula is C25H19Br2FN2O3. The number of carbonyl (C=O) groups is 2. The van der Waals surface area contributed by atoms with Gasteiger partial charge in [-0.15, -0.1) is 0 Å². The molecule has 1 saturated heterocycles. The summed E-state index contributed by atoms with van der Waals surface area (Å²) in [5.74, 6) is -0.229. The number of urea groups is 1. The molecule has 8 heteroatoms. The molecule has 0 spiro atoms. The van der Waals surface area contributed by atoms with Crippen LogP contribution in [0.2, 0.25) is 0 Å². The predicted molar refractivity (Wildman–Crippen MR) is 131 cm³/mol. The van der Waals surface area contributed by atoms with Crippen molar-refractivity contribution in [3.05, 3.63) is 103 Å². The van der Waals surface area contributed by atoms with Crippen LogP contribution in [-0.4, -0.2) is 16.8 Å². The number of hydrogen-bond donors (Lipinski definition) is 1. The van der Waals surface area contributed by atoms with Crippen LogP contribution in [0.3, 0.4) is 0 Å². The van der Waals surface area contributed by atoms with Crippen LogP contribution < -0.4 is 10.1 Å². The maximum absolute atomic E-state index is 13.9. The summed E-state index contributed by atoms with van der Waals surface area (Å²) in [6.45, 7) is 2.23. The quantitative estimate of drug-likeness (QED) is 0.277. The van der Waals surface area contributed by atoms with Gasteiger partial charge < -0.3 is 10.1 Å². The monoisotopic (exact) mass is 572 g/mol. The first-order valence-electron chi connectivity index (χ1n) is 10.1. The summed E-state index contributed by atoms with van der Waals surface area (Å²) in [5, 5.41) is 2.64. The van der Waals surface area contributed by atoms with Crippen molar-refractivity contribution < 1.29 is 18.7 Å². The zero-order valence-electron chi connectivity index (χ0n) is 17.6. The van der Waals surface area contributed by atoms with Gasteiger partial charge in [-0.1, -0.05) is 48.0 Å². The molecule has 1 aliphatic rings. The van der Waals surface area contributed by atoms with Gasteiger partial charge >= 0.3 is 6.03 Å². The molecule has 1 heterocycles. The molecule has 0 saturated carbocycles. The van der Waals surface area contributed by atoms with Crippen molar-refractivity contribution in [2.24, 2.45) is 0 Å². The first kappa shape index (κ1) is 23.2. The maximum atomic E-state index is 13.9. The van der Waals surface area contributed by atoms with Crippen molar-refractivity contribution in [1.29, 1.82) is 0 Å². The van der Waals surface area contributed by atoms with Gasteiger partial charge in [0.15, 0.2) is 0 Å². The average Bonchev–Trinajstić information content (AvgIpc) is 3.03. The molecule has 168 valence electrons. The van der Waals surface area contributed by atoms with Crippen molar-refractivity contribution in [1.82, 2.24) is 10.2 Å². The highest BCUT2D eigenvalue weighted by Crippen LogP contribution is 2.36. The number of halogens is 3. The fourth-order valence-electron chi connectivity index (χ4n) is 3.32. The Morgan fingerprint density at radius 3 is 2.36 bits per heavy atom. The van der Waals surface area contributed by atoms with E-state index >= 15 is 0 Å². The molecule has 0 atom stereocenters. The summed E-state index contributed by atoms with van der Waals surface area (Å²) in [6, 6.07) is 17.1. The maximum Gasteiger partial charge on any atom is 0.329 e. The van der Waals surface area contributed by atoms with E-state index in [-0.39, 0.29) is 24.7 Å². The molecule has 0 bridgehead atoms. The van der Waals surface area contributed by atoms with E-state index in [0.717, 1.165) is 11.1 Å². The number of carbonyl (C=O) groups excluding carboxylic acids is 2. The van der Waals surface area contributed by atoms with E-state index in [1.807, 2.05) is 31.2 Å². The molecule has 1 fully saturated rings. The lowest BCUT2D eigenvalue weighted by Gasteiger charge is -2.12. The molecule has 3 aromatic carbocycles. The lowest BCUT2D eigenvalue weighted by molar-refractivity contribution is -0.123. The second-order valence-corrected chi connectivity index (χ2v) is 9.27. The van der Waals surface area contributed by atoms with Gasteiger partial charge in [-0.25, -0.2) is 9.18 Å². The van der Waals surface area contributed by atoms with E-state index in [9.17, 15) is 14.0 Å². The Balaban J connectivity index is 1.50. The first-order chi connectivity index (χ1) is 15.8. The highest BCUT2D eigenvalue weighted by molar-refractivity contribution is 9.11. The van der Waals surface area contributed by atoms with Crippen molar-refractivity contribution >= 4 is 49.9 Å². The minimum Gasteiger partial charge on any atom is -0.486 e. The summed E-state index contributed by atoms with van der Waals surface area (Å²) in [7, 11) is 0. The van der Waals surface area contributed by atoms with Gasteiger partial charge in [0.25, 0.3) is 5.91 Å². The molecular weight excluding hydrogens is 555 g/mol. The van der Waals surface area contributed by atoms with Crippen LogP contribution in [0.25, 0.3) is 6.08 Å². The Labute approximate surface area is 207 Å². The minimum atomic E-state index is -0.463. The van der Waals surface area contributed by atoms with Crippen LogP contribution in [0.1, 0.15) is 22.3 Å². The fraction of sp³-hybridized carbons (Fsp3) is 0.120. The Morgan fingerprint density at radius 2 is 1.70 bits per heavy atom. The van der Waals surface area contributed by atoms with Crippen LogP contribution in [-0.2, 0) is 17.9 Å². The predicted octanol–water partition coefficient (Wildman–Crippen LogP) is 6.33. The third-order valence-electron chi connectivity index (χ3n) is 5.09. The van der Waals surface area contributed by atoms with Gasteiger partial charge in [-0.05, 0) is 74.2 Å².